The van der Waals surface area contributed by atoms with Crippen LogP contribution in [0.2, 0.25) is 19.6 Å². The van der Waals surface area contributed by atoms with E-state index in [0.29, 0.717) is 0 Å². The first kappa shape index (κ1) is 42.2. The Hall–Kier alpha value is -6.49. The Labute approximate surface area is 409 Å². The second-order valence-electron chi connectivity index (χ2n) is 17.8. The summed E-state index contributed by atoms with van der Waals surface area (Å²) in [5.41, 5.74) is 14.5. The fourth-order valence-electron chi connectivity index (χ4n) is 8.33. The zero-order valence-corrected chi connectivity index (χ0v) is 41.6. The van der Waals surface area contributed by atoms with E-state index >= 15 is 0 Å². The number of rotatable bonds is 10. The molecular weight excluding hydrogens is 997 g/mol. The molecule has 0 saturated carbocycles. The van der Waals surface area contributed by atoms with Crippen LogP contribution in [0.1, 0.15) is 47.5 Å². The van der Waals surface area contributed by atoms with E-state index in [1.807, 2.05) is 118 Å². The van der Waals surface area contributed by atoms with Gasteiger partial charge in [0.05, 0.1) is 13.7 Å². The van der Waals surface area contributed by atoms with Gasteiger partial charge in [-0.05, 0) is 74.4 Å². The van der Waals surface area contributed by atoms with Crippen molar-refractivity contribution in [3.05, 3.63) is 223 Å². The number of nitrogens with zero attached hydrogens (tertiary/aromatic N) is 2. The molecule has 0 amide bonds. The Morgan fingerprint density at radius 3 is 1.85 bits per heavy atom. The molecule has 1 unspecified atom stereocenters. The van der Waals surface area contributed by atoms with E-state index in [1.165, 1.54) is 16.7 Å². The summed E-state index contributed by atoms with van der Waals surface area (Å²) < 4.78 is 32.8. The van der Waals surface area contributed by atoms with E-state index in [0.717, 1.165) is 83.0 Å². The molecule has 7 aromatic carbocycles. The van der Waals surface area contributed by atoms with Crippen LogP contribution in [0, 0.1) is 18.1 Å². The predicted molar refractivity (Wildman–Crippen MR) is 276 cm³/mol. The van der Waals surface area contributed by atoms with Crippen molar-refractivity contribution in [2.24, 2.45) is 5.92 Å². The van der Waals surface area contributed by atoms with Crippen molar-refractivity contribution < 1.29 is 28.6 Å². The monoisotopic (exact) mass is 1050 g/mol. The van der Waals surface area contributed by atoms with Gasteiger partial charge in [0.25, 0.3) is 0 Å². The molecule has 329 valence electrons. The van der Waals surface area contributed by atoms with Gasteiger partial charge in [-0.2, -0.15) is 0 Å². The van der Waals surface area contributed by atoms with Crippen LogP contribution in [0.25, 0.3) is 77.8 Å². The second kappa shape index (κ2) is 20.4. The fraction of sp³-hybridized carbons (Fsp3) is 0.148. The van der Waals surface area contributed by atoms with E-state index in [1.54, 1.807) is 6.20 Å². The summed E-state index contributed by atoms with van der Waals surface area (Å²) in [6.45, 7) is 12.5. The summed E-state index contributed by atoms with van der Waals surface area (Å²) in [6, 6.07) is 68.2. The Morgan fingerprint density at radius 1 is 0.561 bits per heavy atom. The molecule has 5 heteroatoms. The summed E-state index contributed by atoms with van der Waals surface area (Å²) in [7, 11) is -1.72. The number of pyridine rings is 2. The molecule has 10 aromatic rings. The van der Waals surface area contributed by atoms with Crippen molar-refractivity contribution in [3.63, 3.8) is 0 Å². The number of furan rings is 1. The van der Waals surface area contributed by atoms with Gasteiger partial charge in [0.15, 0.2) is 0 Å². The number of fused-ring (bicyclic) bond motifs is 3. The molecule has 3 heterocycles. The molecule has 0 fully saturated rings. The molecule has 1 atom stereocenters. The van der Waals surface area contributed by atoms with Crippen LogP contribution in [0.15, 0.2) is 199 Å². The Morgan fingerprint density at radius 2 is 1.18 bits per heavy atom. The van der Waals surface area contributed by atoms with E-state index in [2.05, 4.69) is 133 Å². The largest absolute Gasteiger partial charge is 0.500 e. The average molecular weight is 1050 g/mol. The summed E-state index contributed by atoms with van der Waals surface area (Å²) in [5.74, 6) is -1.00. The van der Waals surface area contributed by atoms with Crippen LogP contribution < -0.4 is 5.19 Å². The van der Waals surface area contributed by atoms with E-state index < -0.39 is 20.3 Å². The Bertz CT molecular complexity index is 3350. The molecule has 66 heavy (non-hydrogen) atoms. The van der Waals surface area contributed by atoms with Crippen LogP contribution >= 0.6 is 0 Å². The maximum Gasteiger partial charge on any atom is 0.121 e. The summed E-state index contributed by atoms with van der Waals surface area (Å²) in [5, 5.41) is 3.17. The first-order valence-corrected chi connectivity index (χ1v) is 25.8. The van der Waals surface area contributed by atoms with Crippen LogP contribution in [-0.2, 0) is 26.5 Å². The van der Waals surface area contributed by atoms with Crippen molar-refractivity contribution >= 4 is 35.2 Å². The van der Waals surface area contributed by atoms with Gasteiger partial charge in [0, 0.05) is 47.9 Å². The topological polar surface area (TPSA) is 38.9 Å². The zero-order chi connectivity index (χ0) is 47.6. The molecule has 0 aliphatic heterocycles. The number of benzene rings is 7. The smallest absolute Gasteiger partial charge is 0.121 e. The molecule has 10 rings (SSSR count). The zero-order valence-electron chi connectivity index (χ0n) is 41.2. The number of aromatic nitrogens is 2. The minimum absolute atomic E-state index is 0. The SMILES string of the molecule is [2H]C(C)(c1ccccc1)c1ccnc(-c2[c-]cc3oc4cc(-c5ccccc5-c5ccccc5)ccc4c3c2)c1.[2H]C([2H])(c1cc(-c2[c-]cc(-c3ccccc3)cc2)ncc1[Si](C)(C)C)C(C)C.[Ir]. The maximum atomic E-state index is 9.09. The van der Waals surface area contributed by atoms with Crippen molar-refractivity contribution in [1.82, 2.24) is 9.97 Å². The molecule has 0 aliphatic rings. The third-order valence-electron chi connectivity index (χ3n) is 11.8. The molecule has 3 nitrogen and oxygen atoms in total. The molecular formula is C61H54IrN2OSi-2. The van der Waals surface area contributed by atoms with Crippen LogP contribution in [0.5, 0.6) is 0 Å². The van der Waals surface area contributed by atoms with E-state index in [9.17, 15) is 0 Å². The quantitative estimate of drug-likeness (QED) is 0.101. The molecule has 0 bridgehead atoms. The molecule has 0 saturated heterocycles. The molecule has 0 N–H and O–H groups in total. The van der Waals surface area contributed by atoms with E-state index in [4.69, 9.17) is 8.53 Å². The van der Waals surface area contributed by atoms with Gasteiger partial charge in [-0.25, -0.2) is 0 Å². The van der Waals surface area contributed by atoms with Gasteiger partial charge in [0.1, 0.15) is 5.58 Å². The number of hydrogen-bond donors (Lipinski definition) is 0. The summed E-state index contributed by atoms with van der Waals surface area (Å²) >= 11 is 0. The van der Waals surface area contributed by atoms with Crippen molar-refractivity contribution in [2.75, 3.05) is 0 Å². The molecule has 1 radical (unpaired) electrons. The van der Waals surface area contributed by atoms with Gasteiger partial charge < -0.3 is 14.4 Å². The van der Waals surface area contributed by atoms with Crippen LogP contribution in [0.3, 0.4) is 0 Å². The van der Waals surface area contributed by atoms with Gasteiger partial charge in [0.2, 0.25) is 0 Å². The minimum Gasteiger partial charge on any atom is -0.500 e. The predicted octanol–water partition coefficient (Wildman–Crippen LogP) is 15.9. The van der Waals surface area contributed by atoms with Crippen molar-refractivity contribution in [2.45, 2.75) is 52.7 Å². The third-order valence-corrected chi connectivity index (χ3v) is 13.8. The Balaban J connectivity index is 0.000000196. The van der Waals surface area contributed by atoms with Crippen molar-refractivity contribution in [1.29, 1.82) is 0 Å². The molecule has 3 aromatic heterocycles. The minimum atomic E-state index is -1.72. The van der Waals surface area contributed by atoms with Gasteiger partial charge >= 0.3 is 0 Å². The van der Waals surface area contributed by atoms with Gasteiger partial charge in [-0.15, -0.1) is 53.6 Å². The summed E-state index contributed by atoms with van der Waals surface area (Å²) in [4.78, 5) is 9.32. The van der Waals surface area contributed by atoms with Gasteiger partial charge in [-0.1, -0.05) is 202 Å². The van der Waals surface area contributed by atoms with Crippen LogP contribution in [-0.4, -0.2) is 18.0 Å². The standard InChI is InChI=1S/C37H26NO.C24H28NSi.Ir/c1-25(26-10-4-2-5-11-26)28-20-21-38-35(23-28)30-17-19-36-34(22-30)33-18-16-29(24-37(33)39-36)32-15-9-8-14-31(32)27-12-6-3-7-13-27;1-18(2)15-22-16-23(25-17-24(22)26(3,4)5)21-13-11-20(12-14-21)19-9-7-6-8-10-19;/h2-16,18-25H,1H3;6-13,16-18H,15H2,1-5H3;/q2*-1;/i25D;15D2;. The average Bonchev–Trinajstić information content (AvgIpc) is 3.74. The molecule has 0 aliphatic carbocycles. The maximum absolute atomic E-state index is 9.09. The number of hydrogen-bond acceptors (Lipinski definition) is 3. The summed E-state index contributed by atoms with van der Waals surface area (Å²) in [6.07, 6.45) is 2.29. The molecule has 0 spiro atoms. The van der Waals surface area contributed by atoms with Crippen molar-refractivity contribution in [3.8, 4) is 55.9 Å². The first-order valence-electron chi connectivity index (χ1n) is 23.8. The van der Waals surface area contributed by atoms with Gasteiger partial charge in [-0.3, -0.25) is 0 Å². The third kappa shape index (κ3) is 10.3. The van der Waals surface area contributed by atoms with E-state index in [-0.39, 0.29) is 26.0 Å². The first-order chi connectivity index (χ1) is 32.7. The Kier molecular flexibility index (Phi) is 13.0. The normalized spacial score (nSPS) is 13.2. The fourth-order valence-corrected chi connectivity index (χ4v) is 9.74. The van der Waals surface area contributed by atoms with Crippen LogP contribution in [0.4, 0.5) is 0 Å². The second-order valence-corrected chi connectivity index (χ2v) is 22.8.